The summed E-state index contributed by atoms with van der Waals surface area (Å²) in [6, 6.07) is 8.20. The molecule has 5 nitrogen and oxygen atoms in total. The summed E-state index contributed by atoms with van der Waals surface area (Å²) in [6.45, 7) is 6.91. The number of carbonyl (C=O) groups excluding carboxylic acids is 1. The number of carbonyl (C=O) groups is 2. The van der Waals surface area contributed by atoms with E-state index in [4.69, 9.17) is 0 Å². The first-order valence-corrected chi connectivity index (χ1v) is 8.16. The minimum Gasteiger partial charge on any atom is -0.478 e. The van der Waals surface area contributed by atoms with Crippen molar-refractivity contribution >= 4 is 11.9 Å². The summed E-state index contributed by atoms with van der Waals surface area (Å²) in [5.41, 5.74) is 3.87. The van der Waals surface area contributed by atoms with Crippen molar-refractivity contribution in [3.8, 4) is 0 Å². The standard InChI is InChI=1S/C19H24N2O3/c1-4-21-12-14(3)18(19(23)24)16(21)11-17(22)20-10-9-15-7-5-13(2)6-8-15/h5-8,12H,4,9-11H2,1-3H3,(H,20,22)(H,23,24). The predicted molar refractivity (Wildman–Crippen MR) is 93.4 cm³/mol. The Balaban J connectivity index is 1.97. The Kier molecular flexibility index (Phi) is 5.79. The van der Waals surface area contributed by atoms with Crippen LogP contribution in [0.1, 0.15) is 39.7 Å². The molecule has 0 radical (unpaired) electrons. The third-order valence-corrected chi connectivity index (χ3v) is 4.12. The number of rotatable bonds is 7. The van der Waals surface area contributed by atoms with Crippen LogP contribution in [0.25, 0.3) is 0 Å². The molecule has 1 aromatic heterocycles. The van der Waals surface area contributed by atoms with E-state index in [1.54, 1.807) is 13.1 Å². The molecule has 2 N–H and O–H groups in total. The molecular weight excluding hydrogens is 304 g/mol. The van der Waals surface area contributed by atoms with Crippen LogP contribution in [0.4, 0.5) is 0 Å². The molecule has 0 fully saturated rings. The summed E-state index contributed by atoms with van der Waals surface area (Å²) in [7, 11) is 0. The minimum absolute atomic E-state index is 0.0806. The lowest BCUT2D eigenvalue weighted by molar-refractivity contribution is -0.120. The second-order valence-corrected chi connectivity index (χ2v) is 5.99. The van der Waals surface area contributed by atoms with Crippen molar-refractivity contribution in [2.45, 2.75) is 40.2 Å². The zero-order chi connectivity index (χ0) is 17.7. The molecule has 0 saturated heterocycles. The van der Waals surface area contributed by atoms with Crippen LogP contribution in [-0.4, -0.2) is 28.1 Å². The molecule has 2 aromatic rings. The van der Waals surface area contributed by atoms with Gasteiger partial charge in [-0.1, -0.05) is 29.8 Å². The molecule has 128 valence electrons. The van der Waals surface area contributed by atoms with Crippen LogP contribution in [-0.2, 0) is 24.2 Å². The Hall–Kier alpha value is -2.56. The van der Waals surface area contributed by atoms with Gasteiger partial charge in [0.25, 0.3) is 0 Å². The number of aryl methyl sites for hydroxylation is 3. The maximum absolute atomic E-state index is 12.2. The Morgan fingerprint density at radius 1 is 1.17 bits per heavy atom. The van der Waals surface area contributed by atoms with Crippen LogP contribution in [0.3, 0.4) is 0 Å². The number of amides is 1. The molecule has 0 aliphatic rings. The molecule has 5 heteroatoms. The van der Waals surface area contributed by atoms with Gasteiger partial charge in [-0.05, 0) is 38.3 Å². The molecule has 0 spiro atoms. The summed E-state index contributed by atoms with van der Waals surface area (Å²) < 4.78 is 1.83. The van der Waals surface area contributed by atoms with Crippen molar-refractivity contribution in [2.24, 2.45) is 0 Å². The fraction of sp³-hybridized carbons (Fsp3) is 0.368. The van der Waals surface area contributed by atoms with Gasteiger partial charge >= 0.3 is 5.97 Å². The Bertz CT molecular complexity index is 730. The Labute approximate surface area is 142 Å². The number of hydrogen-bond donors (Lipinski definition) is 2. The van der Waals surface area contributed by atoms with Crippen molar-refractivity contribution in [3.63, 3.8) is 0 Å². The maximum Gasteiger partial charge on any atom is 0.337 e. The number of nitrogens with one attached hydrogen (secondary N) is 1. The average molecular weight is 328 g/mol. The molecule has 0 atom stereocenters. The monoisotopic (exact) mass is 328 g/mol. The van der Waals surface area contributed by atoms with Crippen LogP contribution < -0.4 is 5.32 Å². The Morgan fingerprint density at radius 2 is 1.83 bits per heavy atom. The zero-order valence-corrected chi connectivity index (χ0v) is 14.4. The molecule has 0 bridgehead atoms. The van der Waals surface area contributed by atoms with Crippen LogP contribution >= 0.6 is 0 Å². The third kappa shape index (κ3) is 4.25. The number of aromatic carboxylic acids is 1. The van der Waals surface area contributed by atoms with Gasteiger partial charge in [0.05, 0.1) is 12.0 Å². The highest BCUT2D eigenvalue weighted by Crippen LogP contribution is 2.18. The van der Waals surface area contributed by atoms with E-state index in [1.165, 1.54) is 11.1 Å². The molecule has 2 rings (SSSR count). The summed E-state index contributed by atoms with van der Waals surface area (Å²) in [5.74, 6) is -1.14. The van der Waals surface area contributed by atoms with E-state index in [1.807, 2.05) is 30.5 Å². The summed E-state index contributed by atoms with van der Waals surface area (Å²) in [5, 5.41) is 12.2. The average Bonchev–Trinajstić information content (AvgIpc) is 2.85. The van der Waals surface area contributed by atoms with Gasteiger partial charge in [-0.15, -0.1) is 0 Å². The van der Waals surface area contributed by atoms with Gasteiger partial charge in [0.15, 0.2) is 0 Å². The fourth-order valence-corrected chi connectivity index (χ4v) is 2.83. The highest BCUT2D eigenvalue weighted by molar-refractivity contribution is 5.93. The summed E-state index contributed by atoms with van der Waals surface area (Å²) in [4.78, 5) is 23.6. The SMILES string of the molecule is CCn1cc(C)c(C(=O)O)c1CC(=O)NCCc1ccc(C)cc1. The van der Waals surface area contributed by atoms with Crippen LogP contribution in [0, 0.1) is 13.8 Å². The quantitative estimate of drug-likeness (QED) is 0.821. The van der Waals surface area contributed by atoms with Gasteiger partial charge in [-0.2, -0.15) is 0 Å². The number of aromatic nitrogens is 1. The molecule has 1 heterocycles. The summed E-state index contributed by atoms with van der Waals surface area (Å²) in [6.07, 6.45) is 2.63. The van der Waals surface area contributed by atoms with Crippen LogP contribution in [0.2, 0.25) is 0 Å². The topological polar surface area (TPSA) is 71.3 Å². The van der Waals surface area contributed by atoms with Gasteiger partial charge in [0, 0.05) is 25.0 Å². The summed E-state index contributed by atoms with van der Waals surface area (Å²) >= 11 is 0. The van der Waals surface area contributed by atoms with E-state index in [9.17, 15) is 14.7 Å². The molecule has 1 aromatic carbocycles. The van der Waals surface area contributed by atoms with Gasteiger partial charge < -0.3 is 15.0 Å². The molecular formula is C19H24N2O3. The smallest absolute Gasteiger partial charge is 0.337 e. The molecule has 0 saturated carbocycles. The van der Waals surface area contributed by atoms with E-state index in [0.717, 1.165) is 6.42 Å². The van der Waals surface area contributed by atoms with Crippen molar-refractivity contribution in [3.05, 3.63) is 58.4 Å². The normalized spacial score (nSPS) is 10.6. The number of benzene rings is 1. The number of carboxylic acid groups (broad SMARTS) is 1. The highest BCUT2D eigenvalue weighted by atomic mass is 16.4. The van der Waals surface area contributed by atoms with Crippen LogP contribution in [0.5, 0.6) is 0 Å². The molecule has 24 heavy (non-hydrogen) atoms. The van der Waals surface area contributed by atoms with Crippen molar-refractivity contribution in [1.29, 1.82) is 0 Å². The zero-order valence-electron chi connectivity index (χ0n) is 14.4. The molecule has 1 amide bonds. The fourth-order valence-electron chi connectivity index (χ4n) is 2.83. The number of carboxylic acids is 1. The van der Waals surface area contributed by atoms with Gasteiger partial charge in [-0.25, -0.2) is 4.79 Å². The second kappa shape index (κ2) is 7.81. The lowest BCUT2D eigenvalue weighted by Gasteiger charge is -2.09. The largest absolute Gasteiger partial charge is 0.478 e. The van der Waals surface area contributed by atoms with E-state index in [-0.39, 0.29) is 17.9 Å². The van der Waals surface area contributed by atoms with Crippen molar-refractivity contribution in [2.75, 3.05) is 6.54 Å². The van der Waals surface area contributed by atoms with E-state index in [2.05, 4.69) is 17.4 Å². The van der Waals surface area contributed by atoms with Crippen molar-refractivity contribution < 1.29 is 14.7 Å². The molecule has 0 aliphatic heterocycles. The number of hydrogen-bond acceptors (Lipinski definition) is 2. The lowest BCUT2D eigenvalue weighted by atomic mass is 10.1. The maximum atomic E-state index is 12.2. The van der Waals surface area contributed by atoms with E-state index in [0.29, 0.717) is 24.3 Å². The molecule has 0 aliphatic carbocycles. The lowest BCUT2D eigenvalue weighted by Crippen LogP contribution is -2.28. The van der Waals surface area contributed by atoms with Gasteiger partial charge in [0.1, 0.15) is 0 Å². The van der Waals surface area contributed by atoms with Gasteiger partial charge in [0.2, 0.25) is 5.91 Å². The van der Waals surface area contributed by atoms with Crippen LogP contribution in [0.15, 0.2) is 30.5 Å². The predicted octanol–water partition coefficient (Wildman–Crippen LogP) is 2.72. The highest BCUT2D eigenvalue weighted by Gasteiger charge is 2.20. The first kappa shape index (κ1) is 17.8. The van der Waals surface area contributed by atoms with E-state index >= 15 is 0 Å². The first-order chi connectivity index (χ1) is 11.4. The first-order valence-electron chi connectivity index (χ1n) is 8.16. The van der Waals surface area contributed by atoms with Crippen molar-refractivity contribution in [1.82, 2.24) is 9.88 Å². The second-order valence-electron chi connectivity index (χ2n) is 5.99. The van der Waals surface area contributed by atoms with E-state index < -0.39 is 5.97 Å². The third-order valence-electron chi connectivity index (χ3n) is 4.12. The molecule has 0 unspecified atom stereocenters. The Morgan fingerprint density at radius 3 is 2.42 bits per heavy atom. The minimum atomic E-state index is -0.984. The van der Waals surface area contributed by atoms with Gasteiger partial charge in [-0.3, -0.25) is 4.79 Å². The number of nitrogens with zero attached hydrogens (tertiary/aromatic N) is 1.